The Morgan fingerprint density at radius 3 is 2.13 bits per heavy atom. The van der Waals surface area contributed by atoms with Gasteiger partial charge in [-0.05, 0) is 37.3 Å². The van der Waals surface area contributed by atoms with E-state index in [-0.39, 0.29) is 35.1 Å². The maximum Gasteiger partial charge on any atom is 0.259 e. The molecule has 10 heteroatoms. The average Bonchev–Trinajstić information content (AvgIpc) is 3.34. The summed E-state index contributed by atoms with van der Waals surface area (Å²) in [5.74, 6) is -1.62. The van der Waals surface area contributed by atoms with Crippen molar-refractivity contribution in [2.75, 3.05) is 17.2 Å². The van der Waals surface area contributed by atoms with Crippen molar-refractivity contribution in [1.82, 2.24) is 5.32 Å². The first-order valence-corrected chi connectivity index (χ1v) is 11.7. The highest BCUT2D eigenvalue weighted by atomic mass is 16.5. The Bertz CT molecular complexity index is 1470. The van der Waals surface area contributed by atoms with Crippen molar-refractivity contribution in [3.63, 3.8) is 0 Å². The van der Waals surface area contributed by atoms with Gasteiger partial charge in [-0.2, -0.15) is 0 Å². The standard InChI is InChI=1S/C18H14N2O4.C10H13NO3/c21-10-19-14-7-1-5-12-11(14)4-2-8-15(12)20-18(24)13-6-3-9-16(22)17(13)23;1-6-5-11-10(14-6)7-3-2-4-8(12)9(7)13/h1-10,22-23H,(H,19,21)(H,20,24);2-4,6,10-13H,5H2,1H3. The van der Waals surface area contributed by atoms with Crippen LogP contribution in [0.15, 0.2) is 72.8 Å². The zero-order valence-corrected chi connectivity index (χ0v) is 20.4. The Kier molecular flexibility index (Phi) is 7.95. The number of ether oxygens (including phenoxy) is 1. The van der Waals surface area contributed by atoms with E-state index in [2.05, 4.69) is 16.0 Å². The van der Waals surface area contributed by atoms with Crippen molar-refractivity contribution >= 4 is 34.5 Å². The molecule has 1 aliphatic heterocycles. The highest BCUT2D eigenvalue weighted by Gasteiger charge is 2.25. The lowest BCUT2D eigenvalue weighted by Gasteiger charge is -2.13. The van der Waals surface area contributed by atoms with Gasteiger partial charge in [0, 0.05) is 34.3 Å². The molecule has 0 radical (unpaired) electrons. The van der Waals surface area contributed by atoms with E-state index < -0.39 is 11.7 Å². The van der Waals surface area contributed by atoms with Gasteiger partial charge in [0.25, 0.3) is 5.91 Å². The summed E-state index contributed by atoms with van der Waals surface area (Å²) in [5.41, 5.74) is 1.69. The monoisotopic (exact) mass is 517 g/mol. The van der Waals surface area contributed by atoms with Gasteiger partial charge in [-0.3, -0.25) is 14.9 Å². The molecule has 2 unspecified atom stereocenters. The molecule has 0 aromatic heterocycles. The Hall–Kier alpha value is -4.80. The molecule has 0 bridgehead atoms. The van der Waals surface area contributed by atoms with Crippen molar-refractivity contribution in [2.45, 2.75) is 19.3 Å². The Morgan fingerprint density at radius 2 is 1.47 bits per heavy atom. The molecular weight excluding hydrogens is 490 g/mol. The highest BCUT2D eigenvalue weighted by Crippen LogP contribution is 2.35. The number of carbonyl (C=O) groups excluding carboxylic acids is 2. The molecule has 38 heavy (non-hydrogen) atoms. The fourth-order valence-corrected chi connectivity index (χ4v) is 4.06. The predicted octanol–water partition coefficient (Wildman–Crippen LogP) is 4.18. The van der Waals surface area contributed by atoms with Gasteiger partial charge in [0.2, 0.25) is 6.41 Å². The van der Waals surface area contributed by atoms with Crippen molar-refractivity contribution < 1.29 is 34.8 Å². The van der Waals surface area contributed by atoms with Crippen molar-refractivity contribution in [1.29, 1.82) is 0 Å². The van der Waals surface area contributed by atoms with Crippen LogP contribution in [0.3, 0.4) is 0 Å². The minimum absolute atomic E-state index is 0.0332. The van der Waals surface area contributed by atoms with Gasteiger partial charge in [-0.15, -0.1) is 0 Å². The summed E-state index contributed by atoms with van der Waals surface area (Å²) in [6.45, 7) is 2.70. The molecule has 2 amide bonds. The van der Waals surface area contributed by atoms with Gasteiger partial charge in [0.1, 0.15) is 6.23 Å². The van der Waals surface area contributed by atoms with Gasteiger partial charge < -0.3 is 35.8 Å². The van der Waals surface area contributed by atoms with Crippen LogP contribution in [0.2, 0.25) is 0 Å². The Labute approximate surface area is 218 Å². The van der Waals surface area contributed by atoms with E-state index >= 15 is 0 Å². The molecule has 0 saturated carbocycles. The van der Waals surface area contributed by atoms with Crippen LogP contribution in [-0.4, -0.2) is 45.4 Å². The number of nitrogens with one attached hydrogen (secondary N) is 3. The SMILES string of the molecule is CC1CNC(c2cccc(O)c2O)O1.O=CNc1cccc2c(NC(=O)c3cccc(O)c3O)cccc12. The molecule has 196 valence electrons. The van der Waals surface area contributed by atoms with Gasteiger partial charge in [-0.25, -0.2) is 0 Å². The fourth-order valence-electron chi connectivity index (χ4n) is 4.06. The van der Waals surface area contributed by atoms with Crippen LogP contribution in [0, 0.1) is 0 Å². The normalized spacial score (nSPS) is 16.3. The first-order valence-electron chi connectivity index (χ1n) is 11.7. The number of carbonyl (C=O) groups is 2. The Balaban J connectivity index is 0.000000204. The quantitative estimate of drug-likeness (QED) is 0.153. The molecule has 1 heterocycles. The van der Waals surface area contributed by atoms with E-state index in [1.807, 2.05) is 19.1 Å². The molecule has 1 aliphatic rings. The minimum Gasteiger partial charge on any atom is -0.504 e. The lowest BCUT2D eigenvalue weighted by atomic mass is 10.1. The molecule has 7 N–H and O–H groups in total. The fraction of sp³-hybridized carbons (Fsp3) is 0.143. The van der Waals surface area contributed by atoms with Gasteiger partial charge in [-0.1, -0.05) is 42.5 Å². The second-order valence-electron chi connectivity index (χ2n) is 8.55. The molecule has 5 rings (SSSR count). The third-order valence-electron chi connectivity index (χ3n) is 5.93. The van der Waals surface area contributed by atoms with E-state index in [4.69, 9.17) is 4.74 Å². The largest absolute Gasteiger partial charge is 0.504 e. The molecule has 4 aromatic rings. The number of phenols is 4. The smallest absolute Gasteiger partial charge is 0.259 e. The van der Waals surface area contributed by atoms with Gasteiger partial charge in [0.05, 0.1) is 11.7 Å². The molecule has 0 spiro atoms. The number of para-hydroxylation sites is 2. The number of hydrogen-bond donors (Lipinski definition) is 7. The van der Waals surface area contributed by atoms with E-state index in [0.29, 0.717) is 23.3 Å². The number of phenolic OH excluding ortho intramolecular Hbond substituents is 4. The summed E-state index contributed by atoms with van der Waals surface area (Å²) in [5, 5.41) is 48.1. The molecule has 4 aromatic carbocycles. The van der Waals surface area contributed by atoms with Crippen LogP contribution in [0.5, 0.6) is 23.0 Å². The third kappa shape index (κ3) is 5.61. The van der Waals surface area contributed by atoms with Crippen molar-refractivity contribution in [2.24, 2.45) is 0 Å². The van der Waals surface area contributed by atoms with E-state index in [1.165, 1.54) is 24.3 Å². The molecule has 1 saturated heterocycles. The number of amides is 2. The van der Waals surface area contributed by atoms with E-state index in [9.17, 15) is 30.0 Å². The molecule has 1 fully saturated rings. The first kappa shape index (κ1) is 26.3. The number of rotatable bonds is 5. The number of aromatic hydroxyl groups is 4. The lowest BCUT2D eigenvalue weighted by Crippen LogP contribution is -2.14. The maximum absolute atomic E-state index is 12.4. The first-order chi connectivity index (χ1) is 18.3. The maximum atomic E-state index is 12.4. The zero-order valence-electron chi connectivity index (χ0n) is 20.4. The summed E-state index contributed by atoms with van der Waals surface area (Å²) < 4.78 is 5.50. The van der Waals surface area contributed by atoms with Crippen LogP contribution < -0.4 is 16.0 Å². The third-order valence-corrected chi connectivity index (χ3v) is 5.93. The molecule has 10 nitrogen and oxygen atoms in total. The minimum atomic E-state index is -0.551. The van der Waals surface area contributed by atoms with Crippen LogP contribution in [0.25, 0.3) is 10.8 Å². The van der Waals surface area contributed by atoms with Crippen LogP contribution in [-0.2, 0) is 9.53 Å². The van der Waals surface area contributed by atoms with Crippen LogP contribution in [0.4, 0.5) is 11.4 Å². The predicted molar refractivity (Wildman–Crippen MR) is 142 cm³/mol. The van der Waals surface area contributed by atoms with Crippen molar-refractivity contribution in [3.8, 4) is 23.0 Å². The summed E-state index contributed by atoms with van der Waals surface area (Å²) >= 11 is 0. The lowest BCUT2D eigenvalue weighted by molar-refractivity contribution is -0.105. The van der Waals surface area contributed by atoms with Crippen LogP contribution >= 0.6 is 0 Å². The van der Waals surface area contributed by atoms with Gasteiger partial charge in [0.15, 0.2) is 23.0 Å². The zero-order chi connectivity index (χ0) is 27.2. The summed E-state index contributed by atoms with van der Waals surface area (Å²) in [6.07, 6.45) is 0.393. The average molecular weight is 518 g/mol. The molecular formula is C28H27N3O7. The summed E-state index contributed by atoms with van der Waals surface area (Å²) in [6, 6.07) is 19.6. The highest BCUT2D eigenvalue weighted by molar-refractivity contribution is 6.12. The van der Waals surface area contributed by atoms with E-state index in [1.54, 1.807) is 36.4 Å². The summed E-state index contributed by atoms with van der Waals surface area (Å²) in [4.78, 5) is 23.1. The van der Waals surface area contributed by atoms with Crippen molar-refractivity contribution in [3.05, 3.63) is 83.9 Å². The number of benzene rings is 4. The van der Waals surface area contributed by atoms with Gasteiger partial charge >= 0.3 is 0 Å². The number of anilines is 2. The summed E-state index contributed by atoms with van der Waals surface area (Å²) in [7, 11) is 0. The van der Waals surface area contributed by atoms with E-state index in [0.717, 1.165) is 17.3 Å². The second kappa shape index (κ2) is 11.5. The molecule has 0 aliphatic carbocycles. The second-order valence-corrected chi connectivity index (χ2v) is 8.55. The van der Waals surface area contributed by atoms with Crippen LogP contribution in [0.1, 0.15) is 29.1 Å². The Morgan fingerprint density at radius 1 is 0.868 bits per heavy atom. The number of fused-ring (bicyclic) bond motifs is 1. The topological polar surface area (TPSA) is 160 Å². The number of hydrogen-bond acceptors (Lipinski definition) is 8. The molecule has 2 atom stereocenters.